The molecule has 6 nitrogen and oxygen atoms in total. The molecule has 0 aromatic heterocycles. The van der Waals surface area contributed by atoms with E-state index in [0.29, 0.717) is 12.4 Å². The molecule has 1 unspecified atom stereocenters. The van der Waals surface area contributed by atoms with Crippen LogP contribution in [-0.2, 0) is 4.74 Å². The number of aromatic hydroxyl groups is 1. The molecule has 1 aliphatic heterocycles. The van der Waals surface area contributed by atoms with Gasteiger partial charge < -0.3 is 24.1 Å². The van der Waals surface area contributed by atoms with Crippen molar-refractivity contribution in [1.82, 2.24) is 0 Å². The number of hydrogen-bond donors (Lipinski definition) is 1. The zero-order chi connectivity index (χ0) is 18.5. The number of carbonyl (C=O) groups excluding carboxylic acids is 1. The van der Waals surface area contributed by atoms with Crippen molar-refractivity contribution in [2.75, 3.05) is 13.7 Å². The van der Waals surface area contributed by atoms with E-state index in [2.05, 4.69) is 6.92 Å². The first-order valence-corrected chi connectivity index (χ1v) is 8.63. The molecular weight excluding hydrogens is 336 g/mol. The normalized spacial score (nSPS) is 14.9. The highest BCUT2D eigenvalue weighted by atomic mass is 16.7. The number of benzene rings is 2. The fourth-order valence-corrected chi connectivity index (χ4v) is 2.66. The van der Waals surface area contributed by atoms with Gasteiger partial charge in [-0.3, -0.25) is 0 Å². The van der Waals surface area contributed by atoms with E-state index in [9.17, 15) is 9.90 Å². The maximum atomic E-state index is 12.1. The highest BCUT2D eigenvalue weighted by Crippen LogP contribution is 2.47. The molecule has 26 heavy (non-hydrogen) atoms. The monoisotopic (exact) mass is 358 g/mol. The summed E-state index contributed by atoms with van der Waals surface area (Å²) in [4.78, 5) is 12.1. The molecule has 2 aromatic rings. The lowest BCUT2D eigenvalue weighted by Gasteiger charge is -2.10. The van der Waals surface area contributed by atoms with Crippen molar-refractivity contribution in [3.8, 4) is 23.0 Å². The predicted octanol–water partition coefficient (Wildman–Crippen LogP) is 4.22. The lowest BCUT2D eigenvalue weighted by atomic mass is 10.2. The molecule has 3 rings (SSSR count). The topological polar surface area (TPSA) is 74.2 Å². The van der Waals surface area contributed by atoms with Crippen molar-refractivity contribution in [3.63, 3.8) is 0 Å². The standard InChI is InChI=1S/C20H22O6/c1-3-4-5-10-24-19(22)14-11-16(21)18-17(12-14)25-20(26-18)13-6-8-15(23-2)9-7-13/h6-9,11-12,20-21H,3-5,10H2,1-2H3. The molecule has 138 valence electrons. The average Bonchev–Trinajstić information content (AvgIpc) is 3.10. The van der Waals surface area contributed by atoms with Crippen LogP contribution in [0.2, 0.25) is 0 Å². The first kappa shape index (κ1) is 17.9. The molecule has 1 atom stereocenters. The Bertz CT molecular complexity index is 769. The van der Waals surface area contributed by atoms with Gasteiger partial charge in [0.05, 0.1) is 19.3 Å². The first-order chi connectivity index (χ1) is 12.6. The number of rotatable bonds is 7. The summed E-state index contributed by atoms with van der Waals surface area (Å²) in [6.45, 7) is 2.44. The number of methoxy groups -OCH3 is 1. The first-order valence-electron chi connectivity index (χ1n) is 8.63. The minimum absolute atomic E-state index is 0.154. The highest BCUT2D eigenvalue weighted by molar-refractivity contribution is 5.91. The molecule has 0 spiro atoms. The minimum atomic E-state index is -0.697. The molecule has 0 fully saturated rings. The van der Waals surface area contributed by atoms with Gasteiger partial charge in [-0.25, -0.2) is 4.79 Å². The van der Waals surface area contributed by atoms with Gasteiger partial charge >= 0.3 is 5.97 Å². The summed E-state index contributed by atoms with van der Waals surface area (Å²) in [6, 6.07) is 10.1. The van der Waals surface area contributed by atoms with Gasteiger partial charge in [0.1, 0.15) is 5.75 Å². The number of hydrogen-bond acceptors (Lipinski definition) is 6. The third-order valence-corrected chi connectivity index (χ3v) is 4.10. The van der Waals surface area contributed by atoms with E-state index in [1.165, 1.54) is 12.1 Å². The van der Waals surface area contributed by atoms with E-state index in [1.807, 2.05) is 12.1 Å². The Hall–Kier alpha value is -2.89. The fourth-order valence-electron chi connectivity index (χ4n) is 2.66. The van der Waals surface area contributed by atoms with Crippen LogP contribution >= 0.6 is 0 Å². The van der Waals surface area contributed by atoms with Gasteiger partial charge in [0.25, 0.3) is 6.29 Å². The fraction of sp³-hybridized carbons (Fsp3) is 0.350. The molecule has 0 radical (unpaired) electrons. The van der Waals surface area contributed by atoms with E-state index < -0.39 is 12.3 Å². The summed E-state index contributed by atoms with van der Waals surface area (Å²) in [6.07, 6.45) is 2.18. The molecular formula is C20H22O6. The van der Waals surface area contributed by atoms with Gasteiger partial charge in [-0.1, -0.05) is 19.8 Å². The molecule has 2 aromatic carbocycles. The second-order valence-corrected chi connectivity index (χ2v) is 6.01. The van der Waals surface area contributed by atoms with Crippen molar-refractivity contribution in [3.05, 3.63) is 47.5 Å². The quantitative estimate of drug-likeness (QED) is 0.590. The smallest absolute Gasteiger partial charge is 0.338 e. The van der Waals surface area contributed by atoms with Crippen LogP contribution in [0.1, 0.15) is 48.4 Å². The van der Waals surface area contributed by atoms with Gasteiger partial charge in [0.15, 0.2) is 11.5 Å². The van der Waals surface area contributed by atoms with Gasteiger partial charge in [0.2, 0.25) is 5.75 Å². The van der Waals surface area contributed by atoms with Gasteiger partial charge in [0, 0.05) is 5.56 Å². The molecule has 0 amide bonds. The molecule has 1 heterocycles. The van der Waals surface area contributed by atoms with Crippen molar-refractivity contribution >= 4 is 5.97 Å². The van der Waals surface area contributed by atoms with E-state index in [1.54, 1.807) is 19.2 Å². The largest absolute Gasteiger partial charge is 0.504 e. The van der Waals surface area contributed by atoms with E-state index in [4.69, 9.17) is 18.9 Å². The SMILES string of the molecule is CCCCCOC(=O)c1cc(O)c2c(c1)OC(c1ccc(OC)cc1)O2. The number of esters is 1. The summed E-state index contributed by atoms with van der Waals surface area (Å²) in [5.74, 6) is 0.606. The van der Waals surface area contributed by atoms with E-state index >= 15 is 0 Å². The molecule has 1 N–H and O–H groups in total. The van der Waals surface area contributed by atoms with Crippen molar-refractivity contribution in [2.24, 2.45) is 0 Å². The van der Waals surface area contributed by atoms with Crippen molar-refractivity contribution in [1.29, 1.82) is 0 Å². The Balaban J connectivity index is 1.71. The summed E-state index contributed by atoms with van der Waals surface area (Å²) in [5.41, 5.74) is 1.00. The van der Waals surface area contributed by atoms with Crippen LogP contribution < -0.4 is 14.2 Å². The second kappa shape index (κ2) is 7.99. The lowest BCUT2D eigenvalue weighted by Crippen LogP contribution is -2.07. The molecule has 0 saturated carbocycles. The zero-order valence-electron chi connectivity index (χ0n) is 14.9. The molecule has 0 saturated heterocycles. The van der Waals surface area contributed by atoms with Crippen molar-refractivity contribution in [2.45, 2.75) is 32.5 Å². The number of phenolic OH excluding ortho intramolecular Hbond substituents is 1. The van der Waals surface area contributed by atoms with Crippen LogP contribution in [0.4, 0.5) is 0 Å². The molecule has 6 heteroatoms. The molecule has 0 aliphatic carbocycles. The summed E-state index contributed by atoms with van der Waals surface area (Å²) < 4.78 is 21.8. The number of carbonyl (C=O) groups is 1. The Morgan fingerprint density at radius 3 is 2.62 bits per heavy atom. The maximum absolute atomic E-state index is 12.1. The Morgan fingerprint density at radius 1 is 1.15 bits per heavy atom. The Morgan fingerprint density at radius 2 is 1.92 bits per heavy atom. The third-order valence-electron chi connectivity index (χ3n) is 4.10. The van der Waals surface area contributed by atoms with E-state index in [-0.39, 0.29) is 17.1 Å². The van der Waals surface area contributed by atoms with Crippen LogP contribution in [0, 0.1) is 0 Å². The average molecular weight is 358 g/mol. The molecule has 0 bridgehead atoms. The number of fused-ring (bicyclic) bond motifs is 1. The van der Waals surface area contributed by atoms with Gasteiger partial charge in [-0.2, -0.15) is 0 Å². The number of unbranched alkanes of at least 4 members (excludes halogenated alkanes) is 2. The van der Waals surface area contributed by atoms with Crippen LogP contribution in [0.15, 0.2) is 36.4 Å². The Labute approximate surface area is 152 Å². The minimum Gasteiger partial charge on any atom is -0.504 e. The second-order valence-electron chi connectivity index (χ2n) is 6.01. The zero-order valence-corrected chi connectivity index (χ0v) is 14.9. The summed E-state index contributed by atoms with van der Waals surface area (Å²) >= 11 is 0. The number of ether oxygens (including phenoxy) is 4. The van der Waals surface area contributed by atoms with Crippen LogP contribution in [-0.4, -0.2) is 24.8 Å². The Kier molecular flexibility index (Phi) is 5.51. The lowest BCUT2D eigenvalue weighted by molar-refractivity contribution is 0.0466. The van der Waals surface area contributed by atoms with Crippen molar-refractivity contribution < 1.29 is 28.8 Å². The van der Waals surface area contributed by atoms with E-state index in [0.717, 1.165) is 30.6 Å². The van der Waals surface area contributed by atoms with Crippen LogP contribution in [0.3, 0.4) is 0 Å². The number of phenols is 1. The van der Waals surface area contributed by atoms with Crippen LogP contribution in [0.5, 0.6) is 23.0 Å². The maximum Gasteiger partial charge on any atom is 0.338 e. The summed E-state index contributed by atoms with van der Waals surface area (Å²) in [5, 5.41) is 10.2. The summed E-state index contributed by atoms with van der Waals surface area (Å²) in [7, 11) is 1.59. The van der Waals surface area contributed by atoms with Crippen LogP contribution in [0.25, 0.3) is 0 Å². The molecule has 1 aliphatic rings. The van der Waals surface area contributed by atoms with Gasteiger partial charge in [-0.15, -0.1) is 0 Å². The third kappa shape index (κ3) is 3.85. The predicted molar refractivity (Wildman–Crippen MR) is 94.9 cm³/mol. The highest BCUT2D eigenvalue weighted by Gasteiger charge is 2.30. The van der Waals surface area contributed by atoms with Gasteiger partial charge in [-0.05, 0) is 42.8 Å².